The van der Waals surface area contributed by atoms with Gasteiger partial charge in [-0.15, -0.1) is 0 Å². The molecule has 0 bridgehead atoms. The number of aromatic carboxylic acids is 1. The Morgan fingerprint density at radius 3 is 2.63 bits per heavy atom. The van der Waals surface area contributed by atoms with Crippen molar-refractivity contribution >= 4 is 17.6 Å². The third kappa shape index (κ3) is 2.49. The first-order valence-corrected chi connectivity index (χ1v) is 6.29. The molecule has 5 heteroatoms. The zero-order valence-corrected chi connectivity index (χ0v) is 11.7. The minimum absolute atomic E-state index is 0.0479. The highest BCUT2D eigenvalue weighted by Crippen LogP contribution is 2.31. The smallest absolute Gasteiger partial charge is 0.341 e. The van der Waals surface area contributed by atoms with E-state index in [4.69, 9.17) is 16.1 Å². The monoisotopic (exact) mass is 279 g/mol. The number of carboxylic acid groups (broad SMARTS) is 1. The van der Waals surface area contributed by atoms with Gasteiger partial charge in [0, 0.05) is 16.5 Å². The summed E-state index contributed by atoms with van der Waals surface area (Å²) in [5, 5.41) is 13.8. The van der Waals surface area contributed by atoms with Crippen LogP contribution in [0.1, 0.15) is 41.4 Å². The van der Waals surface area contributed by atoms with E-state index in [0.717, 1.165) is 5.56 Å². The number of aromatic nitrogens is 1. The Bertz CT molecular complexity index is 632. The molecule has 19 heavy (non-hydrogen) atoms. The molecule has 2 rings (SSSR count). The van der Waals surface area contributed by atoms with E-state index in [-0.39, 0.29) is 11.5 Å². The second-order valence-corrected chi connectivity index (χ2v) is 5.10. The molecule has 1 aromatic heterocycles. The van der Waals surface area contributed by atoms with E-state index in [9.17, 15) is 9.90 Å². The van der Waals surface area contributed by atoms with Crippen LogP contribution in [0.15, 0.2) is 22.7 Å². The molecule has 0 spiro atoms. The van der Waals surface area contributed by atoms with Gasteiger partial charge in [-0.25, -0.2) is 4.79 Å². The van der Waals surface area contributed by atoms with E-state index in [2.05, 4.69) is 5.16 Å². The Balaban J connectivity index is 2.62. The molecular formula is C14H14ClNO3. The quantitative estimate of drug-likeness (QED) is 0.918. The fourth-order valence-corrected chi connectivity index (χ4v) is 2.02. The van der Waals surface area contributed by atoms with Gasteiger partial charge < -0.3 is 9.63 Å². The van der Waals surface area contributed by atoms with Crippen molar-refractivity contribution < 1.29 is 14.4 Å². The maximum atomic E-state index is 11.4. The van der Waals surface area contributed by atoms with Crippen LogP contribution >= 0.6 is 11.6 Å². The Morgan fingerprint density at radius 1 is 1.42 bits per heavy atom. The summed E-state index contributed by atoms with van der Waals surface area (Å²) in [5.74, 6) is -0.718. The predicted molar refractivity (Wildman–Crippen MR) is 72.7 cm³/mol. The van der Waals surface area contributed by atoms with Gasteiger partial charge in [0.1, 0.15) is 11.3 Å². The molecule has 0 fully saturated rings. The van der Waals surface area contributed by atoms with Crippen molar-refractivity contribution in [2.45, 2.75) is 26.7 Å². The third-order valence-electron chi connectivity index (χ3n) is 2.90. The molecule has 100 valence electrons. The van der Waals surface area contributed by atoms with Crippen molar-refractivity contribution in [2.75, 3.05) is 0 Å². The lowest BCUT2D eigenvalue weighted by atomic mass is 10.0. The number of carboxylic acids is 1. The zero-order valence-electron chi connectivity index (χ0n) is 10.9. The van der Waals surface area contributed by atoms with Gasteiger partial charge in [0.05, 0.1) is 0 Å². The van der Waals surface area contributed by atoms with Crippen LogP contribution in [0.5, 0.6) is 0 Å². The molecule has 0 saturated carbocycles. The molecule has 0 radical (unpaired) electrons. The zero-order chi connectivity index (χ0) is 14.2. The molecule has 0 saturated heterocycles. The van der Waals surface area contributed by atoms with Crippen molar-refractivity contribution in [3.8, 4) is 11.3 Å². The fraction of sp³-hybridized carbons (Fsp3) is 0.286. The van der Waals surface area contributed by atoms with Gasteiger partial charge in [-0.1, -0.05) is 42.7 Å². The molecule has 1 aromatic carbocycles. The van der Waals surface area contributed by atoms with Gasteiger partial charge in [-0.05, 0) is 18.6 Å². The average Bonchev–Trinajstić information content (AvgIpc) is 2.77. The predicted octanol–water partition coefficient (Wildman–Crippen LogP) is 4.13. The van der Waals surface area contributed by atoms with Crippen LogP contribution in [0.3, 0.4) is 0 Å². The molecule has 2 aromatic rings. The van der Waals surface area contributed by atoms with E-state index in [0.29, 0.717) is 22.0 Å². The summed E-state index contributed by atoms with van der Waals surface area (Å²) >= 11 is 6.06. The summed E-state index contributed by atoms with van der Waals surface area (Å²) in [6.07, 6.45) is 0. The van der Waals surface area contributed by atoms with Crippen LogP contribution in [-0.4, -0.2) is 16.2 Å². The van der Waals surface area contributed by atoms with E-state index >= 15 is 0 Å². The van der Waals surface area contributed by atoms with Gasteiger partial charge in [0.25, 0.3) is 0 Å². The Labute approximate surface area is 116 Å². The number of hydrogen-bond acceptors (Lipinski definition) is 3. The molecule has 0 amide bonds. The first kappa shape index (κ1) is 13.6. The standard InChI is InChI=1S/C14H14ClNO3/c1-7(2)13-11(14(17)18)12(16-19-13)9-5-4-8(3)10(15)6-9/h4-7H,1-3H3,(H,17,18). The second kappa shape index (κ2) is 5.05. The van der Waals surface area contributed by atoms with Crippen LogP contribution in [0.25, 0.3) is 11.3 Å². The van der Waals surface area contributed by atoms with E-state index in [1.165, 1.54) is 0 Å². The first-order valence-electron chi connectivity index (χ1n) is 5.91. The number of benzene rings is 1. The largest absolute Gasteiger partial charge is 0.477 e. The van der Waals surface area contributed by atoms with Crippen molar-refractivity contribution in [3.05, 3.63) is 40.1 Å². The number of hydrogen-bond donors (Lipinski definition) is 1. The molecule has 0 atom stereocenters. The summed E-state index contributed by atoms with van der Waals surface area (Å²) in [7, 11) is 0. The van der Waals surface area contributed by atoms with Crippen molar-refractivity contribution in [3.63, 3.8) is 0 Å². The van der Waals surface area contributed by atoms with E-state index in [1.807, 2.05) is 26.8 Å². The number of aryl methyl sites for hydroxylation is 1. The van der Waals surface area contributed by atoms with Gasteiger partial charge in [0.15, 0.2) is 5.76 Å². The van der Waals surface area contributed by atoms with Crippen molar-refractivity contribution in [1.29, 1.82) is 0 Å². The first-order chi connectivity index (χ1) is 8.91. The molecule has 0 aliphatic rings. The van der Waals surface area contributed by atoms with Crippen LogP contribution in [0.4, 0.5) is 0 Å². The third-order valence-corrected chi connectivity index (χ3v) is 3.31. The highest BCUT2D eigenvalue weighted by Gasteiger charge is 2.25. The van der Waals surface area contributed by atoms with Gasteiger partial charge >= 0.3 is 5.97 Å². The lowest BCUT2D eigenvalue weighted by Crippen LogP contribution is -2.02. The lowest BCUT2D eigenvalue weighted by Gasteiger charge is -2.03. The van der Waals surface area contributed by atoms with Crippen LogP contribution < -0.4 is 0 Å². The SMILES string of the molecule is Cc1ccc(-c2noc(C(C)C)c2C(=O)O)cc1Cl. The van der Waals surface area contributed by atoms with Crippen LogP contribution in [0, 0.1) is 6.92 Å². The minimum atomic E-state index is -1.04. The number of halogens is 1. The maximum absolute atomic E-state index is 11.4. The fourth-order valence-electron chi connectivity index (χ4n) is 1.84. The molecule has 1 heterocycles. The second-order valence-electron chi connectivity index (χ2n) is 4.69. The maximum Gasteiger partial charge on any atom is 0.341 e. The van der Waals surface area contributed by atoms with E-state index in [1.54, 1.807) is 12.1 Å². The molecule has 4 nitrogen and oxygen atoms in total. The lowest BCUT2D eigenvalue weighted by molar-refractivity contribution is 0.0694. The molecule has 0 unspecified atom stereocenters. The molecule has 0 aliphatic heterocycles. The van der Waals surface area contributed by atoms with Gasteiger partial charge in [0.2, 0.25) is 0 Å². The Hall–Kier alpha value is -1.81. The number of nitrogens with zero attached hydrogens (tertiary/aromatic N) is 1. The van der Waals surface area contributed by atoms with Gasteiger partial charge in [-0.2, -0.15) is 0 Å². The highest BCUT2D eigenvalue weighted by molar-refractivity contribution is 6.31. The van der Waals surface area contributed by atoms with Crippen LogP contribution in [-0.2, 0) is 0 Å². The van der Waals surface area contributed by atoms with E-state index < -0.39 is 5.97 Å². The molecular weight excluding hydrogens is 266 g/mol. The summed E-state index contributed by atoms with van der Waals surface area (Å²) in [6.45, 7) is 5.60. The normalized spacial score (nSPS) is 11.0. The number of rotatable bonds is 3. The van der Waals surface area contributed by atoms with Crippen molar-refractivity contribution in [2.24, 2.45) is 0 Å². The molecule has 1 N–H and O–H groups in total. The topological polar surface area (TPSA) is 63.3 Å². The highest BCUT2D eigenvalue weighted by atomic mass is 35.5. The molecule has 0 aliphatic carbocycles. The van der Waals surface area contributed by atoms with Crippen LogP contribution in [0.2, 0.25) is 5.02 Å². The Kier molecular flexibility index (Phi) is 3.62. The summed E-state index contributed by atoms with van der Waals surface area (Å²) in [4.78, 5) is 11.4. The average molecular weight is 280 g/mol. The van der Waals surface area contributed by atoms with Gasteiger partial charge in [-0.3, -0.25) is 0 Å². The summed E-state index contributed by atoms with van der Waals surface area (Å²) < 4.78 is 5.17. The summed E-state index contributed by atoms with van der Waals surface area (Å²) in [5.41, 5.74) is 1.99. The number of carbonyl (C=O) groups is 1. The minimum Gasteiger partial charge on any atom is -0.477 e. The Morgan fingerprint density at radius 2 is 2.11 bits per heavy atom. The summed E-state index contributed by atoms with van der Waals surface area (Å²) in [6, 6.07) is 5.31. The van der Waals surface area contributed by atoms with Crippen molar-refractivity contribution in [1.82, 2.24) is 5.16 Å².